The lowest BCUT2D eigenvalue weighted by Crippen LogP contribution is -2.30. The highest BCUT2D eigenvalue weighted by atomic mass is 35.5. The molecule has 0 aromatic heterocycles. The van der Waals surface area contributed by atoms with Crippen molar-refractivity contribution in [2.24, 2.45) is 0 Å². The van der Waals surface area contributed by atoms with Gasteiger partial charge in [0, 0.05) is 16.8 Å². The molecule has 0 heterocycles. The van der Waals surface area contributed by atoms with Crippen molar-refractivity contribution < 1.29 is 4.21 Å². The molecule has 0 radical (unpaired) electrons. The maximum Gasteiger partial charge on any atom is 0.0589 e. The Kier molecular flexibility index (Phi) is 5.76. The Balaban J connectivity index is 2.83. The van der Waals surface area contributed by atoms with E-state index >= 15 is 0 Å². The van der Waals surface area contributed by atoms with Crippen LogP contribution in [0.5, 0.6) is 0 Å². The monoisotopic (exact) mass is 279 g/mol. The van der Waals surface area contributed by atoms with E-state index in [1.807, 2.05) is 7.05 Å². The summed E-state index contributed by atoms with van der Waals surface area (Å²) in [6.07, 6.45) is 0.931. The summed E-state index contributed by atoms with van der Waals surface area (Å²) in [5.74, 6) is 0.549. The van der Waals surface area contributed by atoms with Crippen molar-refractivity contribution >= 4 is 34.0 Å². The fourth-order valence-electron chi connectivity index (χ4n) is 1.33. The van der Waals surface area contributed by atoms with Crippen molar-refractivity contribution in [3.63, 3.8) is 0 Å². The van der Waals surface area contributed by atoms with Gasteiger partial charge in [0.05, 0.1) is 20.7 Å². The predicted octanol–water partition coefficient (Wildman–Crippen LogP) is 3.10. The molecule has 0 aliphatic carbocycles. The Labute approximate surface area is 109 Å². The molecule has 1 aromatic carbocycles. The summed E-state index contributed by atoms with van der Waals surface area (Å²) in [4.78, 5) is 0.614. The highest BCUT2D eigenvalue weighted by Crippen LogP contribution is 2.24. The lowest BCUT2D eigenvalue weighted by molar-refractivity contribution is 0.590. The van der Waals surface area contributed by atoms with Crippen LogP contribution in [0.15, 0.2) is 23.1 Å². The standard InChI is InChI=1S/C11H15Cl2NOS/c1-3-9(14-2)7-16(15)11-6-8(12)4-5-10(11)13/h4-6,9,14H,3,7H2,1-2H3. The lowest BCUT2D eigenvalue weighted by Gasteiger charge is -2.13. The van der Waals surface area contributed by atoms with Gasteiger partial charge in [-0.25, -0.2) is 0 Å². The van der Waals surface area contributed by atoms with E-state index in [9.17, 15) is 4.21 Å². The van der Waals surface area contributed by atoms with Crippen molar-refractivity contribution in [3.05, 3.63) is 28.2 Å². The maximum absolute atomic E-state index is 12.1. The molecule has 0 saturated carbocycles. The molecule has 1 rings (SSSR count). The molecule has 90 valence electrons. The second kappa shape index (κ2) is 6.60. The molecule has 0 amide bonds. The Morgan fingerprint density at radius 2 is 2.12 bits per heavy atom. The smallest absolute Gasteiger partial charge is 0.0589 e. The summed E-state index contributed by atoms with van der Waals surface area (Å²) >= 11 is 11.8. The molecule has 16 heavy (non-hydrogen) atoms. The van der Waals surface area contributed by atoms with Gasteiger partial charge in [-0.2, -0.15) is 0 Å². The van der Waals surface area contributed by atoms with E-state index in [1.54, 1.807) is 18.2 Å². The summed E-state index contributed by atoms with van der Waals surface area (Å²) in [6.45, 7) is 2.05. The van der Waals surface area contributed by atoms with E-state index in [4.69, 9.17) is 23.2 Å². The third-order valence-corrected chi connectivity index (χ3v) is 4.60. The van der Waals surface area contributed by atoms with Gasteiger partial charge in [-0.3, -0.25) is 4.21 Å². The van der Waals surface area contributed by atoms with E-state index in [0.717, 1.165) is 6.42 Å². The third-order valence-electron chi connectivity index (χ3n) is 2.39. The minimum absolute atomic E-state index is 0.232. The van der Waals surface area contributed by atoms with Crippen LogP contribution >= 0.6 is 23.2 Å². The topological polar surface area (TPSA) is 29.1 Å². The van der Waals surface area contributed by atoms with E-state index in [1.165, 1.54) is 0 Å². The van der Waals surface area contributed by atoms with Crippen LogP contribution in [0.4, 0.5) is 0 Å². The first kappa shape index (κ1) is 14.0. The first-order valence-corrected chi connectivity index (χ1v) is 7.16. The summed E-state index contributed by atoms with van der Waals surface area (Å²) in [5.41, 5.74) is 0. The van der Waals surface area contributed by atoms with Crippen LogP contribution in [0.1, 0.15) is 13.3 Å². The summed E-state index contributed by atoms with van der Waals surface area (Å²) in [7, 11) is 0.752. The molecular weight excluding hydrogens is 265 g/mol. The highest BCUT2D eigenvalue weighted by Gasteiger charge is 2.13. The zero-order valence-corrected chi connectivity index (χ0v) is 11.6. The predicted molar refractivity (Wildman–Crippen MR) is 70.9 cm³/mol. The zero-order valence-electron chi connectivity index (χ0n) is 9.30. The van der Waals surface area contributed by atoms with Gasteiger partial charge in [0.15, 0.2) is 0 Å². The van der Waals surface area contributed by atoms with Gasteiger partial charge in [0.1, 0.15) is 0 Å². The van der Waals surface area contributed by atoms with Crippen LogP contribution in [-0.4, -0.2) is 23.1 Å². The number of hydrogen-bond donors (Lipinski definition) is 1. The van der Waals surface area contributed by atoms with Crippen LogP contribution in [0.2, 0.25) is 10.0 Å². The van der Waals surface area contributed by atoms with Crippen LogP contribution in [0.25, 0.3) is 0 Å². The average Bonchev–Trinajstić information content (AvgIpc) is 2.28. The number of hydrogen-bond acceptors (Lipinski definition) is 2. The molecule has 5 heteroatoms. The van der Waals surface area contributed by atoms with Crippen molar-refractivity contribution in [1.29, 1.82) is 0 Å². The normalized spacial score (nSPS) is 14.8. The van der Waals surface area contributed by atoms with E-state index in [0.29, 0.717) is 20.7 Å². The largest absolute Gasteiger partial charge is 0.316 e. The van der Waals surface area contributed by atoms with Crippen molar-refractivity contribution in [2.45, 2.75) is 24.3 Å². The summed E-state index contributed by atoms with van der Waals surface area (Å²) in [6, 6.07) is 5.27. The summed E-state index contributed by atoms with van der Waals surface area (Å²) in [5, 5.41) is 4.19. The molecule has 0 aliphatic heterocycles. The molecule has 2 nitrogen and oxygen atoms in total. The Bertz CT molecular complexity index is 380. The lowest BCUT2D eigenvalue weighted by atomic mass is 10.3. The molecule has 0 saturated heterocycles. The fourth-order valence-corrected chi connectivity index (χ4v) is 3.43. The molecule has 2 unspecified atom stereocenters. The quantitative estimate of drug-likeness (QED) is 0.898. The van der Waals surface area contributed by atoms with Crippen LogP contribution in [0.3, 0.4) is 0 Å². The molecule has 2 atom stereocenters. The first-order valence-electron chi connectivity index (χ1n) is 5.09. The van der Waals surface area contributed by atoms with Crippen molar-refractivity contribution in [2.75, 3.05) is 12.8 Å². The summed E-state index contributed by atoms with van der Waals surface area (Å²) < 4.78 is 12.1. The second-order valence-corrected chi connectivity index (χ2v) is 5.79. The number of halogens is 2. The van der Waals surface area contributed by atoms with Gasteiger partial charge in [-0.15, -0.1) is 0 Å². The number of benzene rings is 1. The van der Waals surface area contributed by atoms with Crippen molar-refractivity contribution in [3.8, 4) is 0 Å². The molecule has 1 N–H and O–H groups in total. The van der Waals surface area contributed by atoms with Crippen LogP contribution < -0.4 is 5.32 Å². The van der Waals surface area contributed by atoms with Gasteiger partial charge in [-0.05, 0) is 31.7 Å². The third kappa shape index (κ3) is 3.74. The second-order valence-electron chi connectivity index (χ2n) is 3.48. The van der Waals surface area contributed by atoms with Gasteiger partial charge in [0.2, 0.25) is 0 Å². The highest BCUT2D eigenvalue weighted by molar-refractivity contribution is 7.85. The SMILES string of the molecule is CCC(CS(=O)c1cc(Cl)ccc1Cl)NC. The van der Waals surface area contributed by atoms with Crippen LogP contribution in [-0.2, 0) is 10.8 Å². The van der Waals surface area contributed by atoms with E-state index in [-0.39, 0.29) is 6.04 Å². The van der Waals surface area contributed by atoms with Crippen LogP contribution in [0, 0.1) is 0 Å². The average molecular weight is 280 g/mol. The maximum atomic E-state index is 12.1. The van der Waals surface area contributed by atoms with E-state index in [2.05, 4.69) is 12.2 Å². The molecule has 0 fully saturated rings. The molecule has 1 aromatic rings. The minimum Gasteiger partial charge on any atom is -0.316 e. The zero-order chi connectivity index (χ0) is 12.1. The number of nitrogens with one attached hydrogen (secondary N) is 1. The number of rotatable bonds is 5. The van der Waals surface area contributed by atoms with Gasteiger partial charge in [-0.1, -0.05) is 30.1 Å². The molecular formula is C11H15Cl2NOS. The Morgan fingerprint density at radius 1 is 1.44 bits per heavy atom. The Morgan fingerprint density at radius 3 is 2.69 bits per heavy atom. The van der Waals surface area contributed by atoms with E-state index < -0.39 is 10.8 Å². The Hall–Kier alpha value is -0.0900. The van der Waals surface area contributed by atoms with Gasteiger partial charge >= 0.3 is 0 Å². The minimum atomic E-state index is -1.11. The van der Waals surface area contributed by atoms with Gasteiger partial charge < -0.3 is 5.32 Å². The fraction of sp³-hybridized carbons (Fsp3) is 0.455. The first-order chi connectivity index (χ1) is 7.58. The van der Waals surface area contributed by atoms with Gasteiger partial charge in [0.25, 0.3) is 0 Å². The molecule has 0 bridgehead atoms. The van der Waals surface area contributed by atoms with Crippen molar-refractivity contribution in [1.82, 2.24) is 5.32 Å². The molecule has 0 spiro atoms. The molecule has 0 aliphatic rings.